The van der Waals surface area contributed by atoms with Crippen molar-refractivity contribution in [2.75, 3.05) is 31.1 Å². The number of nitrogens with zero attached hydrogens (tertiary/aromatic N) is 1. The highest BCUT2D eigenvalue weighted by Crippen LogP contribution is 2.09. The average Bonchev–Trinajstić information content (AvgIpc) is 2.53. The van der Waals surface area contributed by atoms with E-state index >= 15 is 0 Å². The highest BCUT2D eigenvalue weighted by Gasteiger charge is 2.26. The van der Waals surface area contributed by atoms with Gasteiger partial charge in [-0.1, -0.05) is 6.07 Å². The van der Waals surface area contributed by atoms with Gasteiger partial charge in [-0.2, -0.15) is 0 Å². The van der Waals surface area contributed by atoms with E-state index in [2.05, 4.69) is 16.0 Å². The Hall–Kier alpha value is -2.01. The van der Waals surface area contributed by atoms with Crippen molar-refractivity contribution in [1.82, 2.24) is 0 Å². The maximum Gasteiger partial charge on any atom is 0.274 e. The number of nitrogens with one attached hydrogen (secondary N) is 2. The summed E-state index contributed by atoms with van der Waals surface area (Å²) in [6.07, 6.45) is 1.91. The van der Waals surface area contributed by atoms with Gasteiger partial charge in [0.25, 0.3) is 5.82 Å². The fourth-order valence-electron chi connectivity index (χ4n) is 2.77. The molecule has 0 saturated carbocycles. The Morgan fingerprint density at radius 1 is 1.10 bits per heavy atom. The standard InChI is InChI=1S/C16H17F2N3/c17-14-4-5-15(18)13(11-14)12-20-7-9-21(10-8-20)16-3-1-2-6-19-16/h1-6,11H,7-10,12H2/p+2. The second-order valence-corrected chi connectivity index (χ2v) is 5.40. The van der Waals surface area contributed by atoms with Crippen LogP contribution in [0.2, 0.25) is 0 Å². The fourth-order valence-corrected chi connectivity index (χ4v) is 2.77. The first kappa shape index (κ1) is 13.9. The predicted octanol–water partition coefficient (Wildman–Crippen LogP) is 0.684. The second kappa shape index (κ2) is 6.18. The molecule has 0 amide bonds. The molecule has 2 aromatic rings. The van der Waals surface area contributed by atoms with Crippen molar-refractivity contribution in [3.63, 3.8) is 0 Å². The van der Waals surface area contributed by atoms with Gasteiger partial charge in [-0.15, -0.1) is 0 Å². The molecule has 1 aliphatic heterocycles. The van der Waals surface area contributed by atoms with Gasteiger partial charge in [-0.3, -0.25) is 4.90 Å². The minimum atomic E-state index is -0.372. The summed E-state index contributed by atoms with van der Waals surface area (Å²) in [6.45, 7) is 4.19. The van der Waals surface area contributed by atoms with Crippen LogP contribution in [-0.2, 0) is 6.54 Å². The van der Waals surface area contributed by atoms with Crippen molar-refractivity contribution < 1.29 is 18.7 Å². The molecule has 1 aromatic heterocycles. The minimum Gasteiger partial charge on any atom is -0.325 e. The normalized spacial score (nSPS) is 16.2. The van der Waals surface area contributed by atoms with Crippen LogP contribution in [0.5, 0.6) is 0 Å². The van der Waals surface area contributed by atoms with Gasteiger partial charge in [0.05, 0.1) is 6.20 Å². The number of aromatic nitrogens is 1. The van der Waals surface area contributed by atoms with Crippen LogP contribution in [0.15, 0.2) is 42.6 Å². The molecule has 1 fully saturated rings. The number of pyridine rings is 1. The van der Waals surface area contributed by atoms with Crippen molar-refractivity contribution in [3.8, 4) is 0 Å². The molecule has 0 atom stereocenters. The summed E-state index contributed by atoms with van der Waals surface area (Å²) < 4.78 is 26.9. The molecule has 0 spiro atoms. The van der Waals surface area contributed by atoms with Crippen LogP contribution in [0.25, 0.3) is 0 Å². The zero-order valence-corrected chi connectivity index (χ0v) is 11.8. The number of hydrogen-bond acceptors (Lipinski definition) is 1. The third kappa shape index (κ3) is 3.36. The molecule has 2 N–H and O–H groups in total. The summed E-state index contributed by atoms with van der Waals surface area (Å²) in [5, 5.41) is 0. The second-order valence-electron chi connectivity index (χ2n) is 5.40. The highest BCUT2D eigenvalue weighted by atomic mass is 19.1. The molecular weight excluding hydrogens is 272 g/mol. The molecule has 110 valence electrons. The van der Waals surface area contributed by atoms with E-state index in [1.54, 1.807) is 0 Å². The van der Waals surface area contributed by atoms with Gasteiger partial charge in [0.1, 0.15) is 44.4 Å². The SMILES string of the molecule is Fc1ccc(F)c(C[NH+]2CCN(c3cccc[nH+]3)CC2)c1. The van der Waals surface area contributed by atoms with Gasteiger partial charge in [-0.25, -0.2) is 13.8 Å². The van der Waals surface area contributed by atoms with Crippen molar-refractivity contribution in [2.45, 2.75) is 6.54 Å². The van der Waals surface area contributed by atoms with E-state index in [0.29, 0.717) is 12.1 Å². The molecule has 1 aliphatic rings. The van der Waals surface area contributed by atoms with Gasteiger partial charge in [0.2, 0.25) is 0 Å². The molecule has 21 heavy (non-hydrogen) atoms. The summed E-state index contributed by atoms with van der Waals surface area (Å²) >= 11 is 0. The molecule has 0 radical (unpaired) electrons. The van der Waals surface area contributed by atoms with Crippen LogP contribution in [0.1, 0.15) is 5.56 Å². The Bertz CT molecular complexity index is 596. The number of quaternary nitrogens is 1. The van der Waals surface area contributed by atoms with Gasteiger partial charge in [0.15, 0.2) is 0 Å². The third-order valence-electron chi connectivity index (χ3n) is 3.95. The molecule has 0 aliphatic carbocycles. The summed E-state index contributed by atoms with van der Waals surface area (Å²) in [4.78, 5) is 6.79. The molecular formula is C16H19F2N3+2. The smallest absolute Gasteiger partial charge is 0.274 e. The van der Waals surface area contributed by atoms with Crippen molar-refractivity contribution in [3.05, 3.63) is 59.8 Å². The summed E-state index contributed by atoms with van der Waals surface area (Å²) in [6, 6.07) is 9.69. The first-order chi connectivity index (χ1) is 10.2. The van der Waals surface area contributed by atoms with E-state index in [1.807, 2.05) is 18.3 Å². The Morgan fingerprint density at radius 3 is 2.62 bits per heavy atom. The van der Waals surface area contributed by atoms with Crippen LogP contribution in [0, 0.1) is 11.6 Å². The predicted molar refractivity (Wildman–Crippen MR) is 76.0 cm³/mol. The Morgan fingerprint density at radius 2 is 1.90 bits per heavy atom. The van der Waals surface area contributed by atoms with E-state index in [-0.39, 0.29) is 11.6 Å². The first-order valence-corrected chi connectivity index (χ1v) is 7.21. The summed E-state index contributed by atoms with van der Waals surface area (Å²) in [5.74, 6) is 0.416. The lowest BCUT2D eigenvalue weighted by Crippen LogP contribution is -3.13. The Kier molecular flexibility index (Phi) is 4.10. The Balaban J connectivity index is 1.60. The lowest BCUT2D eigenvalue weighted by atomic mass is 10.1. The summed E-state index contributed by atoms with van der Waals surface area (Å²) in [5.41, 5.74) is 0.463. The quantitative estimate of drug-likeness (QED) is 0.883. The van der Waals surface area contributed by atoms with Crippen molar-refractivity contribution in [1.29, 1.82) is 0 Å². The van der Waals surface area contributed by atoms with Gasteiger partial charge >= 0.3 is 0 Å². The lowest BCUT2D eigenvalue weighted by Gasteiger charge is -2.28. The largest absolute Gasteiger partial charge is 0.325 e. The van der Waals surface area contributed by atoms with Crippen molar-refractivity contribution in [2.24, 2.45) is 0 Å². The van der Waals surface area contributed by atoms with E-state index in [9.17, 15) is 8.78 Å². The molecule has 1 aromatic carbocycles. The molecule has 2 heterocycles. The third-order valence-corrected chi connectivity index (χ3v) is 3.95. The number of hydrogen-bond donors (Lipinski definition) is 1. The van der Waals surface area contributed by atoms with E-state index in [0.717, 1.165) is 38.1 Å². The first-order valence-electron chi connectivity index (χ1n) is 7.21. The molecule has 3 nitrogen and oxygen atoms in total. The average molecular weight is 291 g/mol. The van der Waals surface area contributed by atoms with Crippen LogP contribution < -0.4 is 14.8 Å². The number of benzene rings is 1. The van der Waals surface area contributed by atoms with Gasteiger partial charge < -0.3 is 4.90 Å². The molecule has 0 unspecified atom stereocenters. The van der Waals surface area contributed by atoms with Crippen LogP contribution in [-0.4, -0.2) is 26.2 Å². The summed E-state index contributed by atoms with van der Waals surface area (Å²) in [7, 11) is 0. The monoisotopic (exact) mass is 291 g/mol. The zero-order chi connectivity index (χ0) is 14.7. The number of piperazine rings is 1. The van der Waals surface area contributed by atoms with Crippen LogP contribution in [0.4, 0.5) is 14.6 Å². The minimum absolute atomic E-state index is 0.317. The Labute approximate surface area is 122 Å². The van der Waals surface area contributed by atoms with Crippen LogP contribution in [0.3, 0.4) is 0 Å². The molecule has 1 saturated heterocycles. The van der Waals surface area contributed by atoms with E-state index < -0.39 is 0 Å². The number of aromatic amines is 1. The maximum absolute atomic E-state index is 13.7. The molecule has 3 rings (SSSR count). The number of rotatable bonds is 3. The van der Waals surface area contributed by atoms with Crippen molar-refractivity contribution >= 4 is 5.82 Å². The van der Waals surface area contributed by atoms with E-state index in [4.69, 9.17) is 0 Å². The lowest BCUT2D eigenvalue weighted by molar-refractivity contribution is -0.914. The molecule has 0 bridgehead atoms. The maximum atomic E-state index is 13.7. The van der Waals surface area contributed by atoms with E-state index in [1.165, 1.54) is 17.0 Å². The number of H-pyrrole nitrogens is 1. The van der Waals surface area contributed by atoms with Crippen LogP contribution >= 0.6 is 0 Å². The number of halogens is 2. The van der Waals surface area contributed by atoms with Gasteiger partial charge in [0, 0.05) is 11.6 Å². The topological polar surface area (TPSA) is 21.8 Å². The number of anilines is 1. The molecule has 5 heteroatoms. The van der Waals surface area contributed by atoms with Gasteiger partial charge in [-0.05, 0) is 24.3 Å². The highest BCUT2D eigenvalue weighted by molar-refractivity contribution is 5.32. The fraction of sp³-hybridized carbons (Fsp3) is 0.312. The zero-order valence-electron chi connectivity index (χ0n) is 11.8.